The maximum absolute atomic E-state index is 13.5. The number of halogens is 4. The molecule has 0 heterocycles. The molecule has 0 aliphatic rings. The van der Waals surface area contributed by atoms with Crippen LogP contribution >= 0.6 is 15.9 Å². The Bertz CT molecular complexity index is 552. The Hall–Kier alpha value is -1.29. The van der Waals surface area contributed by atoms with Gasteiger partial charge in [0.2, 0.25) is 0 Å². The fourth-order valence-electron chi connectivity index (χ4n) is 1.57. The number of benzene rings is 2. The average molecular weight is 301 g/mol. The molecule has 0 spiro atoms. The van der Waals surface area contributed by atoms with Gasteiger partial charge in [-0.3, -0.25) is 0 Å². The van der Waals surface area contributed by atoms with Crippen molar-refractivity contribution in [2.24, 2.45) is 0 Å². The van der Waals surface area contributed by atoms with Gasteiger partial charge in [-0.05, 0) is 29.3 Å². The molecule has 0 nitrogen and oxygen atoms in total. The SMILES string of the molecule is Fc1ccc(-c2cccc(F)c2F)cc1CBr. The lowest BCUT2D eigenvalue weighted by Crippen LogP contribution is -1.92. The molecule has 0 bridgehead atoms. The quantitative estimate of drug-likeness (QED) is 0.707. The van der Waals surface area contributed by atoms with E-state index >= 15 is 0 Å². The van der Waals surface area contributed by atoms with Crippen LogP contribution in [0.5, 0.6) is 0 Å². The van der Waals surface area contributed by atoms with Crippen LogP contribution in [0.4, 0.5) is 13.2 Å². The van der Waals surface area contributed by atoms with Gasteiger partial charge in [-0.15, -0.1) is 0 Å². The molecule has 0 amide bonds. The zero-order chi connectivity index (χ0) is 12.4. The predicted octanol–water partition coefficient (Wildman–Crippen LogP) is 4.67. The first-order chi connectivity index (χ1) is 8.13. The predicted molar refractivity (Wildman–Crippen MR) is 64.4 cm³/mol. The molecule has 0 saturated carbocycles. The van der Waals surface area contributed by atoms with E-state index in [-0.39, 0.29) is 11.4 Å². The van der Waals surface area contributed by atoms with Crippen molar-refractivity contribution in [1.29, 1.82) is 0 Å². The van der Waals surface area contributed by atoms with Gasteiger partial charge in [-0.25, -0.2) is 13.2 Å². The van der Waals surface area contributed by atoms with Gasteiger partial charge < -0.3 is 0 Å². The molecule has 0 atom stereocenters. The summed E-state index contributed by atoms with van der Waals surface area (Å²) in [6.45, 7) is 0. The van der Waals surface area contributed by atoms with E-state index in [9.17, 15) is 13.2 Å². The number of rotatable bonds is 2. The molecule has 0 aromatic heterocycles. The molecule has 0 aliphatic carbocycles. The monoisotopic (exact) mass is 300 g/mol. The van der Waals surface area contributed by atoms with E-state index in [2.05, 4.69) is 15.9 Å². The molecule has 2 rings (SSSR count). The van der Waals surface area contributed by atoms with Crippen LogP contribution < -0.4 is 0 Å². The molecule has 0 saturated heterocycles. The molecular formula is C13H8BrF3. The van der Waals surface area contributed by atoms with Gasteiger partial charge in [-0.2, -0.15) is 0 Å². The molecule has 0 fully saturated rings. The van der Waals surface area contributed by atoms with Crippen molar-refractivity contribution < 1.29 is 13.2 Å². The van der Waals surface area contributed by atoms with E-state index in [1.165, 1.54) is 30.3 Å². The molecular weight excluding hydrogens is 293 g/mol. The Morgan fingerprint density at radius 2 is 1.71 bits per heavy atom. The van der Waals surface area contributed by atoms with Crippen LogP contribution in [0.25, 0.3) is 11.1 Å². The van der Waals surface area contributed by atoms with Gasteiger partial charge in [0.1, 0.15) is 5.82 Å². The number of hydrogen-bond donors (Lipinski definition) is 0. The Balaban J connectivity index is 2.57. The molecule has 0 unspecified atom stereocenters. The third-order valence-electron chi connectivity index (χ3n) is 2.45. The van der Waals surface area contributed by atoms with Crippen LogP contribution in [0.3, 0.4) is 0 Å². The van der Waals surface area contributed by atoms with E-state index in [0.717, 1.165) is 6.07 Å². The molecule has 0 N–H and O–H groups in total. The van der Waals surface area contributed by atoms with Crippen molar-refractivity contribution >= 4 is 15.9 Å². The second-order valence-electron chi connectivity index (χ2n) is 3.54. The molecule has 2 aromatic rings. The second-order valence-corrected chi connectivity index (χ2v) is 4.10. The molecule has 4 heteroatoms. The topological polar surface area (TPSA) is 0 Å². The maximum atomic E-state index is 13.5. The molecule has 88 valence electrons. The number of hydrogen-bond acceptors (Lipinski definition) is 0. The Morgan fingerprint density at radius 3 is 2.41 bits per heavy atom. The van der Waals surface area contributed by atoms with Crippen LogP contribution in [0.2, 0.25) is 0 Å². The highest BCUT2D eigenvalue weighted by Gasteiger charge is 2.11. The maximum Gasteiger partial charge on any atom is 0.166 e. The largest absolute Gasteiger partial charge is 0.207 e. The second kappa shape index (κ2) is 4.92. The van der Waals surface area contributed by atoms with Gasteiger partial charge in [0.25, 0.3) is 0 Å². The highest BCUT2D eigenvalue weighted by Crippen LogP contribution is 2.26. The lowest BCUT2D eigenvalue weighted by molar-refractivity contribution is 0.511. The van der Waals surface area contributed by atoms with Crippen molar-refractivity contribution in [3.05, 3.63) is 59.4 Å². The first-order valence-electron chi connectivity index (χ1n) is 4.92. The van der Waals surface area contributed by atoms with Crippen molar-refractivity contribution in [1.82, 2.24) is 0 Å². The van der Waals surface area contributed by atoms with Crippen molar-refractivity contribution in [3.63, 3.8) is 0 Å². The summed E-state index contributed by atoms with van der Waals surface area (Å²) in [6.07, 6.45) is 0. The minimum Gasteiger partial charge on any atom is -0.207 e. The fraction of sp³-hybridized carbons (Fsp3) is 0.0769. The normalized spacial score (nSPS) is 10.6. The fourth-order valence-corrected chi connectivity index (χ4v) is 2.00. The molecule has 2 aromatic carbocycles. The molecule has 17 heavy (non-hydrogen) atoms. The summed E-state index contributed by atoms with van der Waals surface area (Å²) in [5, 5.41) is 0.323. The smallest absolute Gasteiger partial charge is 0.166 e. The summed E-state index contributed by atoms with van der Waals surface area (Å²) in [7, 11) is 0. The van der Waals surface area contributed by atoms with E-state index in [1.807, 2.05) is 0 Å². The van der Waals surface area contributed by atoms with Crippen LogP contribution in [0.1, 0.15) is 5.56 Å². The van der Waals surface area contributed by atoms with Crippen molar-refractivity contribution in [2.45, 2.75) is 5.33 Å². The van der Waals surface area contributed by atoms with E-state index < -0.39 is 11.6 Å². The van der Waals surface area contributed by atoms with E-state index in [4.69, 9.17) is 0 Å². The van der Waals surface area contributed by atoms with Crippen molar-refractivity contribution in [3.8, 4) is 11.1 Å². The van der Waals surface area contributed by atoms with Gasteiger partial charge in [0.15, 0.2) is 11.6 Å². The Kier molecular flexibility index (Phi) is 3.52. The third-order valence-corrected chi connectivity index (χ3v) is 3.06. The van der Waals surface area contributed by atoms with Crippen molar-refractivity contribution in [2.75, 3.05) is 0 Å². The van der Waals surface area contributed by atoms with Crippen LogP contribution in [0.15, 0.2) is 36.4 Å². The summed E-state index contributed by atoms with van der Waals surface area (Å²) in [6, 6.07) is 8.11. The highest BCUT2D eigenvalue weighted by molar-refractivity contribution is 9.08. The summed E-state index contributed by atoms with van der Waals surface area (Å²) in [5.41, 5.74) is 0.996. The Labute approximate surface area is 105 Å². The zero-order valence-electron chi connectivity index (χ0n) is 8.68. The molecule has 0 radical (unpaired) electrons. The lowest BCUT2D eigenvalue weighted by atomic mass is 10.0. The number of alkyl halides is 1. The summed E-state index contributed by atoms with van der Waals surface area (Å²) < 4.78 is 39.9. The third kappa shape index (κ3) is 2.36. The minimum absolute atomic E-state index is 0.132. The van der Waals surface area contributed by atoms with E-state index in [1.54, 1.807) is 0 Å². The van der Waals surface area contributed by atoms with Crippen LogP contribution in [-0.2, 0) is 5.33 Å². The average Bonchev–Trinajstić information content (AvgIpc) is 2.34. The van der Waals surface area contributed by atoms with Crippen LogP contribution in [-0.4, -0.2) is 0 Å². The van der Waals surface area contributed by atoms with Crippen LogP contribution in [0, 0.1) is 17.5 Å². The van der Waals surface area contributed by atoms with E-state index in [0.29, 0.717) is 16.5 Å². The van der Waals surface area contributed by atoms with Gasteiger partial charge in [0, 0.05) is 10.9 Å². The lowest BCUT2D eigenvalue weighted by Gasteiger charge is -2.06. The zero-order valence-corrected chi connectivity index (χ0v) is 10.3. The summed E-state index contributed by atoms with van der Waals surface area (Å²) in [4.78, 5) is 0. The van der Waals surface area contributed by atoms with Gasteiger partial charge in [0.05, 0.1) is 0 Å². The summed E-state index contributed by atoms with van der Waals surface area (Å²) >= 11 is 3.14. The highest BCUT2D eigenvalue weighted by atomic mass is 79.9. The molecule has 0 aliphatic heterocycles. The summed E-state index contributed by atoms with van der Waals surface area (Å²) in [5.74, 6) is -2.20. The van der Waals surface area contributed by atoms with Gasteiger partial charge >= 0.3 is 0 Å². The first kappa shape index (κ1) is 12.2. The Morgan fingerprint density at radius 1 is 0.941 bits per heavy atom. The minimum atomic E-state index is -0.917. The van der Waals surface area contributed by atoms with Gasteiger partial charge in [-0.1, -0.05) is 34.1 Å². The standard InChI is InChI=1S/C13H8BrF3/c14-7-9-6-8(4-5-11(9)15)10-2-1-3-12(16)13(10)17/h1-6H,7H2. The first-order valence-corrected chi connectivity index (χ1v) is 6.04.